The lowest BCUT2D eigenvalue weighted by molar-refractivity contribution is -0.120. The minimum absolute atomic E-state index is 0.0335. The molecule has 28 heavy (non-hydrogen) atoms. The first kappa shape index (κ1) is 19.7. The molecule has 0 spiro atoms. The Kier molecular flexibility index (Phi) is 6.18. The van der Waals surface area contributed by atoms with E-state index in [4.69, 9.17) is 9.47 Å². The van der Waals surface area contributed by atoms with Crippen molar-refractivity contribution in [1.29, 1.82) is 0 Å². The third kappa shape index (κ3) is 4.11. The number of hydrogen-bond donors (Lipinski definition) is 2. The van der Waals surface area contributed by atoms with Crippen LogP contribution >= 0.6 is 0 Å². The molecule has 1 aliphatic heterocycles. The number of carbonyl (C=O) groups is 1. The summed E-state index contributed by atoms with van der Waals surface area (Å²) >= 11 is 0. The lowest BCUT2D eigenvalue weighted by atomic mass is 9.97. The van der Waals surface area contributed by atoms with E-state index in [1.807, 2.05) is 25.1 Å². The first-order chi connectivity index (χ1) is 13.6. The summed E-state index contributed by atoms with van der Waals surface area (Å²) in [6.07, 6.45) is 1.95. The molecule has 1 aliphatic rings. The van der Waals surface area contributed by atoms with Crippen molar-refractivity contribution in [2.45, 2.75) is 32.7 Å². The third-order valence-electron chi connectivity index (χ3n) is 4.80. The average Bonchev–Trinajstić information content (AvgIpc) is 2.72. The van der Waals surface area contributed by atoms with E-state index >= 15 is 0 Å². The van der Waals surface area contributed by atoms with Gasteiger partial charge in [0.25, 0.3) is 0 Å². The van der Waals surface area contributed by atoms with Crippen molar-refractivity contribution in [3.05, 3.63) is 34.2 Å². The summed E-state index contributed by atoms with van der Waals surface area (Å²) in [4.78, 5) is 27.9. The Balaban J connectivity index is 1.81. The van der Waals surface area contributed by atoms with Gasteiger partial charge in [-0.1, -0.05) is 6.92 Å². The number of aromatic nitrogens is 2. The van der Waals surface area contributed by atoms with Gasteiger partial charge in [0.05, 0.1) is 19.9 Å². The highest BCUT2D eigenvalue weighted by molar-refractivity contribution is 5.75. The number of carbonyl (C=O) groups excluding carboxylic acids is 1. The van der Waals surface area contributed by atoms with Crippen LogP contribution < -0.4 is 25.8 Å². The Labute approximate surface area is 163 Å². The molecule has 1 aromatic carbocycles. The Bertz CT molecular complexity index is 923. The van der Waals surface area contributed by atoms with E-state index in [0.29, 0.717) is 43.4 Å². The van der Waals surface area contributed by atoms with Crippen molar-refractivity contribution < 1.29 is 14.3 Å². The van der Waals surface area contributed by atoms with Crippen LogP contribution in [0.1, 0.15) is 25.3 Å². The van der Waals surface area contributed by atoms with Crippen LogP contribution in [0, 0.1) is 0 Å². The predicted molar refractivity (Wildman–Crippen MR) is 107 cm³/mol. The molecule has 0 atom stereocenters. The summed E-state index contributed by atoms with van der Waals surface area (Å²) in [7, 11) is 3.21. The first-order valence-corrected chi connectivity index (χ1v) is 9.45. The van der Waals surface area contributed by atoms with Crippen molar-refractivity contribution in [3.8, 4) is 22.8 Å². The van der Waals surface area contributed by atoms with Crippen LogP contribution in [0.25, 0.3) is 11.3 Å². The molecule has 2 N–H and O–H groups in total. The fourth-order valence-electron chi connectivity index (χ4n) is 3.29. The highest BCUT2D eigenvalue weighted by Gasteiger charge is 2.21. The Hall–Kier alpha value is -3.03. The van der Waals surface area contributed by atoms with E-state index < -0.39 is 0 Å². The van der Waals surface area contributed by atoms with Gasteiger partial charge in [-0.15, -0.1) is 0 Å². The number of aryl methyl sites for hydroxylation is 1. The molecule has 0 saturated carbocycles. The van der Waals surface area contributed by atoms with Crippen LogP contribution in [0.5, 0.6) is 11.5 Å². The molecule has 0 unspecified atom stereocenters. The van der Waals surface area contributed by atoms with Gasteiger partial charge in [0.15, 0.2) is 11.5 Å². The number of amides is 1. The molecule has 3 rings (SSSR count). The van der Waals surface area contributed by atoms with E-state index in [1.54, 1.807) is 18.8 Å². The molecular formula is C20H26N4O4. The zero-order valence-corrected chi connectivity index (χ0v) is 16.5. The molecule has 0 bridgehead atoms. The molecule has 2 aromatic rings. The van der Waals surface area contributed by atoms with Crippen molar-refractivity contribution >= 4 is 11.7 Å². The first-order valence-electron chi connectivity index (χ1n) is 9.45. The van der Waals surface area contributed by atoms with Crippen LogP contribution in [0.3, 0.4) is 0 Å². The lowest BCUT2D eigenvalue weighted by Crippen LogP contribution is -2.29. The standard InChI is InChI=1S/C20H26N4O4/c1-4-19(25)22-8-5-7-21-18-12-15-14-11-17(28-3)16(27-2)10-13(14)6-9-24(15)20(26)23-18/h10-12H,4-9H2,1-3H3,(H,22,25)(H,21,23,26). The number of benzene rings is 1. The van der Waals surface area contributed by atoms with Crippen LogP contribution in [-0.4, -0.2) is 42.8 Å². The Morgan fingerprint density at radius 2 is 1.93 bits per heavy atom. The van der Waals surface area contributed by atoms with Gasteiger partial charge in [-0.05, 0) is 30.5 Å². The molecular weight excluding hydrogens is 360 g/mol. The number of nitrogens with one attached hydrogen (secondary N) is 2. The summed E-state index contributed by atoms with van der Waals surface area (Å²) in [6.45, 7) is 3.59. The highest BCUT2D eigenvalue weighted by atomic mass is 16.5. The van der Waals surface area contributed by atoms with E-state index in [9.17, 15) is 9.59 Å². The predicted octanol–water partition coefficient (Wildman–Crippen LogP) is 1.81. The molecule has 0 radical (unpaired) electrons. The van der Waals surface area contributed by atoms with Gasteiger partial charge in [-0.3, -0.25) is 9.36 Å². The second kappa shape index (κ2) is 8.77. The second-order valence-corrected chi connectivity index (χ2v) is 6.56. The highest BCUT2D eigenvalue weighted by Crippen LogP contribution is 2.38. The molecule has 1 aromatic heterocycles. The van der Waals surface area contributed by atoms with Gasteiger partial charge in [0, 0.05) is 37.7 Å². The van der Waals surface area contributed by atoms with E-state index in [0.717, 1.165) is 29.7 Å². The number of fused-ring (bicyclic) bond motifs is 3. The van der Waals surface area contributed by atoms with Gasteiger partial charge in [-0.25, -0.2) is 4.79 Å². The van der Waals surface area contributed by atoms with Crippen LogP contribution in [0.15, 0.2) is 23.0 Å². The number of hydrogen-bond acceptors (Lipinski definition) is 6. The summed E-state index contributed by atoms with van der Waals surface area (Å²) < 4.78 is 12.5. The third-order valence-corrected chi connectivity index (χ3v) is 4.80. The van der Waals surface area contributed by atoms with Crippen molar-refractivity contribution in [2.75, 3.05) is 32.6 Å². The number of ether oxygens (including phenoxy) is 2. The SMILES string of the molecule is CCC(=O)NCCCNc1cc2n(c(=O)n1)CCc1cc(OC)c(OC)cc1-2. The topological polar surface area (TPSA) is 94.5 Å². The Morgan fingerprint density at radius 1 is 1.18 bits per heavy atom. The number of rotatable bonds is 8. The largest absolute Gasteiger partial charge is 0.493 e. The van der Waals surface area contributed by atoms with Gasteiger partial charge in [-0.2, -0.15) is 4.98 Å². The fraction of sp³-hybridized carbons (Fsp3) is 0.450. The molecule has 8 nitrogen and oxygen atoms in total. The normalized spacial score (nSPS) is 12.0. The van der Waals surface area contributed by atoms with Gasteiger partial charge in [0.2, 0.25) is 5.91 Å². The van der Waals surface area contributed by atoms with Gasteiger partial charge >= 0.3 is 5.69 Å². The lowest BCUT2D eigenvalue weighted by Gasteiger charge is -2.23. The van der Waals surface area contributed by atoms with E-state index in [1.165, 1.54) is 0 Å². The molecule has 0 aliphatic carbocycles. The van der Waals surface area contributed by atoms with Gasteiger partial charge < -0.3 is 20.1 Å². The Morgan fingerprint density at radius 3 is 2.64 bits per heavy atom. The minimum Gasteiger partial charge on any atom is -0.493 e. The van der Waals surface area contributed by atoms with E-state index in [2.05, 4.69) is 15.6 Å². The smallest absolute Gasteiger partial charge is 0.349 e. The quantitative estimate of drug-likeness (QED) is 0.672. The van der Waals surface area contributed by atoms with Gasteiger partial charge in [0.1, 0.15) is 5.82 Å². The van der Waals surface area contributed by atoms with Crippen LogP contribution in [-0.2, 0) is 17.8 Å². The van der Waals surface area contributed by atoms with Crippen molar-refractivity contribution in [3.63, 3.8) is 0 Å². The molecule has 1 amide bonds. The number of nitrogens with zero attached hydrogens (tertiary/aromatic N) is 2. The maximum atomic E-state index is 12.5. The number of methoxy groups -OCH3 is 2. The van der Waals surface area contributed by atoms with Crippen LogP contribution in [0.2, 0.25) is 0 Å². The zero-order chi connectivity index (χ0) is 20.1. The van der Waals surface area contributed by atoms with Crippen LogP contribution in [0.4, 0.5) is 5.82 Å². The zero-order valence-electron chi connectivity index (χ0n) is 16.5. The summed E-state index contributed by atoms with van der Waals surface area (Å²) in [6, 6.07) is 5.75. The molecule has 2 heterocycles. The summed E-state index contributed by atoms with van der Waals surface area (Å²) in [5, 5.41) is 6.00. The monoisotopic (exact) mass is 386 g/mol. The number of anilines is 1. The maximum Gasteiger partial charge on any atom is 0.349 e. The molecule has 150 valence electrons. The summed E-state index contributed by atoms with van der Waals surface area (Å²) in [5.74, 6) is 1.87. The fourth-order valence-corrected chi connectivity index (χ4v) is 3.29. The molecule has 0 fully saturated rings. The molecule has 0 saturated heterocycles. The van der Waals surface area contributed by atoms with Crippen molar-refractivity contribution in [1.82, 2.24) is 14.9 Å². The second-order valence-electron chi connectivity index (χ2n) is 6.56. The average molecular weight is 386 g/mol. The maximum absolute atomic E-state index is 12.5. The van der Waals surface area contributed by atoms with Crippen molar-refractivity contribution in [2.24, 2.45) is 0 Å². The molecule has 8 heteroatoms. The van der Waals surface area contributed by atoms with E-state index in [-0.39, 0.29) is 11.6 Å². The summed E-state index contributed by atoms with van der Waals surface area (Å²) in [5.41, 5.74) is 2.59. The minimum atomic E-state index is -0.278.